The molecule has 1 unspecified atom stereocenters. The third-order valence-electron chi connectivity index (χ3n) is 4.49. The minimum Gasteiger partial charge on any atom is -0.272 e. The van der Waals surface area contributed by atoms with Crippen LogP contribution in [0, 0.1) is 0 Å². The number of hydrogen-bond donors (Lipinski definition) is 1. The molecular weight excluding hydrogens is 459 g/mol. The van der Waals surface area contributed by atoms with Gasteiger partial charge in [-0.3, -0.25) is 4.79 Å². The van der Waals surface area contributed by atoms with Crippen LogP contribution in [-0.2, 0) is 30.6 Å². The summed E-state index contributed by atoms with van der Waals surface area (Å²) >= 11 is 11.6. The fourth-order valence-corrected chi connectivity index (χ4v) is 6.28. The van der Waals surface area contributed by atoms with Gasteiger partial charge >= 0.3 is 0 Å². The summed E-state index contributed by atoms with van der Waals surface area (Å²) in [6, 6.07) is 11.1. The second-order valence-corrected chi connectivity index (χ2v) is 11.0. The summed E-state index contributed by atoms with van der Waals surface area (Å²) in [7, 11) is -8.03. The Morgan fingerprint density at radius 3 is 2.38 bits per heavy atom. The van der Waals surface area contributed by atoms with Crippen molar-refractivity contribution in [3.63, 3.8) is 0 Å². The zero-order valence-electron chi connectivity index (χ0n) is 15.1. The minimum absolute atomic E-state index is 0.0231. The highest BCUT2D eigenvalue weighted by Crippen LogP contribution is 2.26. The first-order valence-electron chi connectivity index (χ1n) is 8.65. The van der Waals surface area contributed by atoms with Crippen molar-refractivity contribution in [2.24, 2.45) is 0 Å². The molecule has 1 fully saturated rings. The van der Waals surface area contributed by atoms with Crippen molar-refractivity contribution in [1.29, 1.82) is 0 Å². The molecule has 11 heteroatoms. The van der Waals surface area contributed by atoms with E-state index in [4.69, 9.17) is 23.2 Å². The number of halogens is 2. The molecular formula is C18H18Cl2N2O5S2. The highest BCUT2D eigenvalue weighted by molar-refractivity contribution is 7.90. The van der Waals surface area contributed by atoms with Gasteiger partial charge in [-0.05, 0) is 36.6 Å². The Balaban J connectivity index is 1.78. The molecule has 1 amide bonds. The first-order chi connectivity index (χ1) is 13.6. The lowest BCUT2D eigenvalue weighted by Crippen LogP contribution is -2.47. The molecule has 2 aromatic carbocycles. The minimum atomic E-state index is -4.23. The predicted octanol–water partition coefficient (Wildman–Crippen LogP) is 2.79. The van der Waals surface area contributed by atoms with E-state index in [0.717, 1.165) is 10.4 Å². The Hall–Kier alpha value is -1.65. The van der Waals surface area contributed by atoms with Crippen molar-refractivity contribution in [3.05, 3.63) is 64.1 Å². The molecule has 29 heavy (non-hydrogen) atoms. The number of sulfonamides is 2. The number of hydrogen-bond acceptors (Lipinski definition) is 5. The summed E-state index contributed by atoms with van der Waals surface area (Å²) in [5, 5.41) is 0.195. The van der Waals surface area contributed by atoms with Crippen LogP contribution in [0.2, 0.25) is 10.0 Å². The normalized spacial score (nSPS) is 17.9. The monoisotopic (exact) mass is 476 g/mol. The number of nitrogens with zero attached hydrogens (tertiary/aromatic N) is 1. The van der Waals surface area contributed by atoms with Gasteiger partial charge in [-0.1, -0.05) is 53.5 Å². The van der Waals surface area contributed by atoms with Gasteiger partial charge in [-0.15, -0.1) is 0 Å². The molecule has 0 aromatic heterocycles. The number of nitrogens with one attached hydrogen (secondary N) is 1. The van der Waals surface area contributed by atoms with Crippen LogP contribution in [0.4, 0.5) is 0 Å². The van der Waals surface area contributed by atoms with Crippen LogP contribution in [-0.4, -0.2) is 39.6 Å². The molecule has 1 saturated heterocycles. The Morgan fingerprint density at radius 1 is 1.03 bits per heavy atom. The van der Waals surface area contributed by atoms with Crippen molar-refractivity contribution in [2.45, 2.75) is 29.5 Å². The van der Waals surface area contributed by atoms with Crippen LogP contribution in [0.25, 0.3) is 0 Å². The predicted molar refractivity (Wildman–Crippen MR) is 111 cm³/mol. The molecule has 1 N–H and O–H groups in total. The fourth-order valence-electron chi connectivity index (χ4n) is 3.11. The Kier molecular flexibility index (Phi) is 6.54. The molecule has 0 spiro atoms. The average Bonchev–Trinajstić information content (AvgIpc) is 3.15. The third-order valence-corrected chi connectivity index (χ3v) is 8.43. The van der Waals surface area contributed by atoms with Gasteiger partial charge in [0.25, 0.3) is 15.9 Å². The van der Waals surface area contributed by atoms with Gasteiger partial charge in [0.15, 0.2) is 0 Å². The van der Waals surface area contributed by atoms with E-state index in [9.17, 15) is 21.6 Å². The molecule has 1 aliphatic rings. The van der Waals surface area contributed by atoms with Crippen molar-refractivity contribution < 1.29 is 21.6 Å². The van der Waals surface area contributed by atoms with Crippen LogP contribution >= 0.6 is 23.2 Å². The Bertz CT molecular complexity index is 1120. The molecule has 156 valence electrons. The number of amides is 1. The van der Waals surface area contributed by atoms with Crippen LogP contribution in [0.15, 0.2) is 53.4 Å². The van der Waals surface area contributed by atoms with Crippen LogP contribution in [0.3, 0.4) is 0 Å². The smallest absolute Gasteiger partial charge is 0.264 e. The summed E-state index contributed by atoms with van der Waals surface area (Å²) in [4.78, 5) is 12.4. The van der Waals surface area contributed by atoms with Gasteiger partial charge in [0.2, 0.25) is 10.0 Å². The zero-order chi connectivity index (χ0) is 21.2. The molecule has 0 saturated carbocycles. The van der Waals surface area contributed by atoms with Crippen molar-refractivity contribution in [3.8, 4) is 0 Å². The number of benzene rings is 2. The van der Waals surface area contributed by atoms with Gasteiger partial charge in [0.05, 0.1) is 20.7 Å². The Morgan fingerprint density at radius 2 is 1.72 bits per heavy atom. The van der Waals surface area contributed by atoms with Gasteiger partial charge in [0, 0.05) is 6.54 Å². The van der Waals surface area contributed by atoms with Crippen molar-refractivity contribution in [2.75, 3.05) is 6.54 Å². The Labute approximate surface area is 179 Å². The van der Waals surface area contributed by atoms with E-state index < -0.39 is 32.0 Å². The summed E-state index contributed by atoms with van der Waals surface area (Å²) in [5.41, 5.74) is 0.585. The van der Waals surface area contributed by atoms with E-state index >= 15 is 0 Å². The quantitative estimate of drug-likeness (QED) is 0.690. The molecule has 1 aliphatic heterocycles. The molecule has 0 radical (unpaired) electrons. The van der Waals surface area contributed by atoms with Crippen molar-refractivity contribution >= 4 is 49.2 Å². The second-order valence-electron chi connectivity index (χ2n) is 6.56. The van der Waals surface area contributed by atoms with Gasteiger partial charge < -0.3 is 0 Å². The lowest BCUT2D eigenvalue weighted by atomic mass is 10.2. The maximum absolute atomic E-state index is 12.8. The van der Waals surface area contributed by atoms with Gasteiger partial charge in [0.1, 0.15) is 6.04 Å². The number of carbonyl (C=O) groups is 1. The topological polar surface area (TPSA) is 101 Å². The molecule has 3 rings (SSSR count). The maximum Gasteiger partial charge on any atom is 0.264 e. The first kappa shape index (κ1) is 22.0. The van der Waals surface area contributed by atoms with Crippen LogP contribution in [0.5, 0.6) is 0 Å². The molecule has 2 aromatic rings. The first-order valence-corrected chi connectivity index (χ1v) is 12.5. The summed E-state index contributed by atoms with van der Waals surface area (Å²) in [6.45, 7) is 0.153. The van der Waals surface area contributed by atoms with E-state index in [0.29, 0.717) is 12.0 Å². The van der Waals surface area contributed by atoms with Crippen LogP contribution in [0.1, 0.15) is 18.4 Å². The molecule has 1 heterocycles. The van der Waals surface area contributed by atoms with E-state index in [1.54, 1.807) is 30.3 Å². The van der Waals surface area contributed by atoms with Gasteiger partial charge in [-0.25, -0.2) is 21.6 Å². The fraction of sp³-hybridized carbons (Fsp3) is 0.278. The highest BCUT2D eigenvalue weighted by Gasteiger charge is 2.40. The van der Waals surface area contributed by atoms with Crippen molar-refractivity contribution in [1.82, 2.24) is 9.03 Å². The zero-order valence-corrected chi connectivity index (χ0v) is 18.2. The number of carbonyl (C=O) groups excluding carboxylic acids is 1. The standard InChI is InChI=1S/C18H18Cl2N2O5S2/c19-15-9-8-14(11-16(15)20)29(26,27)21-18(23)17-7-4-10-22(17)28(24,25)12-13-5-2-1-3-6-13/h1-3,5-6,8-9,11,17H,4,7,10,12H2,(H,21,23). The molecule has 1 atom stereocenters. The third kappa shape index (κ3) is 5.10. The largest absolute Gasteiger partial charge is 0.272 e. The lowest BCUT2D eigenvalue weighted by molar-refractivity contribution is -0.122. The molecule has 0 aliphatic carbocycles. The molecule has 7 nitrogen and oxygen atoms in total. The van der Waals surface area contributed by atoms with Gasteiger partial charge in [-0.2, -0.15) is 4.31 Å². The average molecular weight is 477 g/mol. The number of rotatable bonds is 6. The highest BCUT2D eigenvalue weighted by atomic mass is 35.5. The van der Waals surface area contributed by atoms with E-state index in [2.05, 4.69) is 0 Å². The maximum atomic E-state index is 12.8. The lowest BCUT2D eigenvalue weighted by Gasteiger charge is -2.23. The van der Waals surface area contributed by atoms with E-state index in [1.807, 2.05) is 4.72 Å². The van der Waals surface area contributed by atoms with Crippen LogP contribution < -0.4 is 4.72 Å². The second kappa shape index (κ2) is 8.61. The summed E-state index contributed by atoms with van der Waals surface area (Å²) in [6.07, 6.45) is 0.690. The summed E-state index contributed by atoms with van der Waals surface area (Å²) < 4.78 is 53.6. The summed E-state index contributed by atoms with van der Waals surface area (Å²) in [5.74, 6) is -1.16. The van der Waals surface area contributed by atoms with E-state index in [-0.39, 0.29) is 33.7 Å². The molecule has 0 bridgehead atoms. The van der Waals surface area contributed by atoms with E-state index in [1.165, 1.54) is 12.1 Å². The SMILES string of the molecule is O=C(NS(=O)(=O)c1ccc(Cl)c(Cl)c1)C1CCCN1S(=O)(=O)Cc1ccccc1.